The normalized spacial score (nSPS) is 12.8. The number of hydrogen-bond donors (Lipinski definition) is 2. The number of benzene rings is 2. The van der Waals surface area contributed by atoms with E-state index in [1.54, 1.807) is 4.57 Å². The molecule has 0 aliphatic carbocycles. The monoisotopic (exact) mass is 382 g/mol. The molecule has 2 aromatic heterocycles. The predicted octanol–water partition coefficient (Wildman–Crippen LogP) is 4.94. The number of hydrogen-bond acceptors (Lipinski definition) is 2. The van der Waals surface area contributed by atoms with Crippen LogP contribution in [0.5, 0.6) is 0 Å². The van der Waals surface area contributed by atoms with Crippen molar-refractivity contribution in [1.29, 1.82) is 0 Å². The molecule has 0 radical (unpaired) electrons. The average Bonchev–Trinajstić information content (AvgIpc) is 3.18. The molecule has 1 atom stereocenters. The number of imidazole rings is 1. The molecule has 144 valence electrons. The number of H-pyrrole nitrogens is 1. The van der Waals surface area contributed by atoms with E-state index in [0.717, 1.165) is 28.7 Å². The lowest BCUT2D eigenvalue weighted by Crippen LogP contribution is -2.29. The first-order chi connectivity index (χ1) is 13.3. The maximum absolute atomic E-state index is 13.7. The zero-order valence-corrected chi connectivity index (χ0v) is 15.8. The first kappa shape index (κ1) is 18.2. The smallest absolute Gasteiger partial charge is 0.247 e. The highest BCUT2D eigenvalue weighted by Crippen LogP contribution is 2.27. The highest BCUT2D eigenvalue weighted by atomic mass is 19.2. The van der Waals surface area contributed by atoms with Gasteiger partial charge in [0.1, 0.15) is 6.04 Å². The van der Waals surface area contributed by atoms with Gasteiger partial charge in [-0.05, 0) is 37.1 Å². The molecule has 0 unspecified atom stereocenters. The van der Waals surface area contributed by atoms with Crippen molar-refractivity contribution in [2.24, 2.45) is 5.92 Å². The van der Waals surface area contributed by atoms with Crippen molar-refractivity contribution in [2.45, 2.75) is 26.8 Å². The fraction of sp³-hybridized carbons (Fsp3) is 0.238. The predicted molar refractivity (Wildman–Crippen MR) is 105 cm³/mol. The number of carbonyl (C=O) groups excluding carboxylic acids is 1. The molecule has 0 fully saturated rings. The lowest BCUT2D eigenvalue weighted by Gasteiger charge is -2.22. The second-order valence-corrected chi connectivity index (χ2v) is 7.34. The summed E-state index contributed by atoms with van der Waals surface area (Å²) in [5.74, 6) is -2.27. The summed E-state index contributed by atoms with van der Waals surface area (Å²) < 4.78 is 28.8. The van der Waals surface area contributed by atoms with Gasteiger partial charge in [-0.25, -0.2) is 13.8 Å². The van der Waals surface area contributed by atoms with Crippen molar-refractivity contribution in [1.82, 2.24) is 14.5 Å². The van der Waals surface area contributed by atoms with Gasteiger partial charge in [0.05, 0.1) is 17.4 Å². The lowest BCUT2D eigenvalue weighted by molar-refractivity contribution is -0.120. The molecule has 4 aromatic rings. The second kappa shape index (κ2) is 6.74. The first-order valence-electron chi connectivity index (χ1n) is 9.05. The van der Waals surface area contributed by atoms with Gasteiger partial charge in [-0.3, -0.25) is 4.79 Å². The maximum atomic E-state index is 13.7. The summed E-state index contributed by atoms with van der Waals surface area (Å²) in [7, 11) is 0. The summed E-state index contributed by atoms with van der Waals surface area (Å²) in [6, 6.07) is 9.13. The standard InChI is InChI=1S/C21H20F2N4O/c1-11(2)20(27-10-24-18-8-15(22)16(23)9-19(18)27)21(28)26-14-4-5-17-13(7-14)6-12(3)25-17/h4-11,20,25H,1-3H3,(H,26,28)/t20-/m0/s1. The zero-order chi connectivity index (χ0) is 20.0. The summed E-state index contributed by atoms with van der Waals surface area (Å²) in [5.41, 5.74) is 3.39. The number of anilines is 1. The summed E-state index contributed by atoms with van der Waals surface area (Å²) in [6.07, 6.45) is 1.45. The van der Waals surface area contributed by atoms with E-state index in [2.05, 4.69) is 15.3 Å². The van der Waals surface area contributed by atoms with Crippen molar-refractivity contribution >= 4 is 33.5 Å². The highest BCUT2D eigenvalue weighted by Gasteiger charge is 2.26. The van der Waals surface area contributed by atoms with E-state index in [-0.39, 0.29) is 11.8 Å². The molecule has 7 heteroatoms. The van der Waals surface area contributed by atoms with Gasteiger partial charge < -0.3 is 14.9 Å². The van der Waals surface area contributed by atoms with Gasteiger partial charge in [0, 0.05) is 34.4 Å². The number of aryl methyl sites for hydroxylation is 1. The molecule has 0 bridgehead atoms. The molecule has 0 aliphatic heterocycles. The maximum Gasteiger partial charge on any atom is 0.247 e. The summed E-state index contributed by atoms with van der Waals surface area (Å²) in [4.78, 5) is 20.4. The van der Waals surface area contributed by atoms with Gasteiger partial charge in [0.2, 0.25) is 5.91 Å². The van der Waals surface area contributed by atoms with Gasteiger partial charge in [0.25, 0.3) is 0 Å². The van der Waals surface area contributed by atoms with Crippen molar-refractivity contribution < 1.29 is 13.6 Å². The molecule has 2 aromatic carbocycles. The van der Waals surface area contributed by atoms with E-state index >= 15 is 0 Å². The van der Waals surface area contributed by atoms with Crippen molar-refractivity contribution in [3.8, 4) is 0 Å². The van der Waals surface area contributed by atoms with Gasteiger partial charge in [-0.2, -0.15) is 0 Å². The fourth-order valence-corrected chi connectivity index (χ4v) is 3.57. The third-order valence-electron chi connectivity index (χ3n) is 4.84. The largest absolute Gasteiger partial charge is 0.359 e. The third-order valence-corrected chi connectivity index (χ3v) is 4.84. The van der Waals surface area contributed by atoms with Gasteiger partial charge in [-0.15, -0.1) is 0 Å². The Kier molecular flexibility index (Phi) is 4.37. The Hall–Kier alpha value is -3.22. The summed E-state index contributed by atoms with van der Waals surface area (Å²) in [6.45, 7) is 5.77. The van der Waals surface area contributed by atoms with E-state index in [4.69, 9.17) is 0 Å². The third kappa shape index (κ3) is 3.13. The number of nitrogens with one attached hydrogen (secondary N) is 2. The number of carbonyl (C=O) groups is 1. The Labute approximate surface area is 160 Å². The molecule has 0 saturated carbocycles. The van der Waals surface area contributed by atoms with E-state index in [1.807, 2.05) is 45.0 Å². The number of rotatable bonds is 4. The van der Waals surface area contributed by atoms with Gasteiger partial charge in [0.15, 0.2) is 11.6 Å². The number of aromatic amines is 1. The minimum atomic E-state index is -0.967. The van der Waals surface area contributed by atoms with E-state index in [9.17, 15) is 13.6 Å². The van der Waals surface area contributed by atoms with Crippen molar-refractivity contribution in [3.63, 3.8) is 0 Å². The molecule has 0 aliphatic rings. The SMILES string of the molecule is Cc1cc2cc(NC(=O)[C@H](C(C)C)n3cnc4cc(F)c(F)cc43)ccc2[nH]1. The average molecular weight is 382 g/mol. The minimum absolute atomic E-state index is 0.0938. The Morgan fingerprint density at radius 3 is 2.64 bits per heavy atom. The fourth-order valence-electron chi connectivity index (χ4n) is 3.57. The van der Waals surface area contributed by atoms with E-state index in [1.165, 1.54) is 6.33 Å². The van der Waals surface area contributed by atoms with Crippen molar-refractivity contribution in [3.05, 3.63) is 60.1 Å². The van der Waals surface area contributed by atoms with Crippen LogP contribution in [0, 0.1) is 24.5 Å². The van der Waals surface area contributed by atoms with Crippen LogP contribution < -0.4 is 5.32 Å². The molecule has 4 rings (SSSR count). The Morgan fingerprint density at radius 1 is 1.14 bits per heavy atom. The highest BCUT2D eigenvalue weighted by molar-refractivity contribution is 5.97. The Morgan fingerprint density at radius 2 is 1.89 bits per heavy atom. The van der Waals surface area contributed by atoms with Crippen LogP contribution >= 0.6 is 0 Å². The minimum Gasteiger partial charge on any atom is -0.359 e. The Balaban J connectivity index is 1.69. The number of nitrogens with zero attached hydrogens (tertiary/aromatic N) is 2. The van der Waals surface area contributed by atoms with Gasteiger partial charge >= 0.3 is 0 Å². The zero-order valence-electron chi connectivity index (χ0n) is 15.8. The first-order valence-corrected chi connectivity index (χ1v) is 9.05. The number of halogens is 2. The van der Waals surface area contributed by atoms with Crippen LogP contribution in [0.2, 0.25) is 0 Å². The molecule has 0 saturated heterocycles. The number of amides is 1. The lowest BCUT2D eigenvalue weighted by atomic mass is 10.0. The molecule has 2 N–H and O–H groups in total. The molecular weight excluding hydrogens is 362 g/mol. The van der Waals surface area contributed by atoms with E-state index in [0.29, 0.717) is 16.7 Å². The van der Waals surface area contributed by atoms with Gasteiger partial charge in [-0.1, -0.05) is 13.8 Å². The summed E-state index contributed by atoms with van der Waals surface area (Å²) in [5, 5.41) is 3.94. The van der Waals surface area contributed by atoms with Crippen LogP contribution in [-0.2, 0) is 4.79 Å². The molecule has 28 heavy (non-hydrogen) atoms. The van der Waals surface area contributed by atoms with Crippen LogP contribution in [-0.4, -0.2) is 20.4 Å². The molecule has 2 heterocycles. The van der Waals surface area contributed by atoms with Crippen molar-refractivity contribution in [2.75, 3.05) is 5.32 Å². The quantitative estimate of drug-likeness (QED) is 0.525. The van der Waals surface area contributed by atoms with Crippen LogP contribution in [0.1, 0.15) is 25.6 Å². The van der Waals surface area contributed by atoms with E-state index < -0.39 is 17.7 Å². The number of aromatic nitrogens is 3. The van der Waals surface area contributed by atoms with Crippen LogP contribution in [0.25, 0.3) is 21.9 Å². The molecule has 1 amide bonds. The molecular formula is C21H20F2N4O. The van der Waals surface area contributed by atoms with Crippen LogP contribution in [0.15, 0.2) is 42.7 Å². The van der Waals surface area contributed by atoms with Crippen LogP contribution in [0.4, 0.5) is 14.5 Å². The van der Waals surface area contributed by atoms with Crippen LogP contribution in [0.3, 0.4) is 0 Å². The topological polar surface area (TPSA) is 62.7 Å². The Bertz CT molecular complexity index is 1190. The molecule has 5 nitrogen and oxygen atoms in total. The number of fused-ring (bicyclic) bond motifs is 2. The summed E-state index contributed by atoms with van der Waals surface area (Å²) >= 11 is 0. The second-order valence-electron chi connectivity index (χ2n) is 7.34. The molecule has 0 spiro atoms.